The maximum Gasteiger partial charge on any atom is 0.264 e. The summed E-state index contributed by atoms with van der Waals surface area (Å²) in [5, 5.41) is 12.8. The predicted molar refractivity (Wildman–Crippen MR) is 109 cm³/mol. The molecule has 0 saturated heterocycles. The Balaban J connectivity index is 1.60. The second-order valence-corrected chi connectivity index (χ2v) is 7.25. The van der Waals surface area contributed by atoms with Gasteiger partial charge in [0, 0.05) is 11.3 Å². The van der Waals surface area contributed by atoms with Gasteiger partial charge in [0.1, 0.15) is 0 Å². The summed E-state index contributed by atoms with van der Waals surface area (Å²) in [6.45, 7) is 0. The summed E-state index contributed by atoms with van der Waals surface area (Å²) >= 11 is 1.21. The van der Waals surface area contributed by atoms with Crippen LogP contribution in [0.4, 0.5) is 5.95 Å². The minimum absolute atomic E-state index is 0.0779. The highest BCUT2D eigenvalue weighted by Crippen LogP contribution is 2.28. The van der Waals surface area contributed by atoms with Crippen LogP contribution in [0.5, 0.6) is 11.5 Å². The van der Waals surface area contributed by atoms with Crippen LogP contribution in [-0.4, -0.2) is 46.3 Å². The van der Waals surface area contributed by atoms with E-state index in [0.29, 0.717) is 28.2 Å². The summed E-state index contributed by atoms with van der Waals surface area (Å²) in [6, 6.07) is 5.06. The fourth-order valence-corrected chi connectivity index (χ4v) is 3.63. The van der Waals surface area contributed by atoms with Gasteiger partial charge in [-0.2, -0.15) is 5.10 Å². The average Bonchev–Trinajstić information content (AvgIpc) is 3.10. The molecule has 28 heavy (non-hydrogen) atoms. The van der Waals surface area contributed by atoms with E-state index in [2.05, 4.69) is 20.7 Å². The number of rotatable bonds is 8. The van der Waals surface area contributed by atoms with E-state index in [4.69, 9.17) is 15.3 Å². The SMILES string of the molecule is COc1ccc(C(=O)CSc2nnc(NN=C3CCCCC3)n2N)cc1OC. The number of hydrazone groups is 1. The highest BCUT2D eigenvalue weighted by atomic mass is 32.2. The van der Waals surface area contributed by atoms with Gasteiger partial charge in [-0.15, -0.1) is 10.2 Å². The molecule has 2 aromatic rings. The molecule has 9 nitrogen and oxygen atoms in total. The largest absolute Gasteiger partial charge is 0.493 e. The zero-order valence-corrected chi connectivity index (χ0v) is 16.8. The molecule has 0 spiro atoms. The van der Waals surface area contributed by atoms with Gasteiger partial charge in [-0.1, -0.05) is 18.2 Å². The van der Waals surface area contributed by atoms with Crippen LogP contribution >= 0.6 is 11.8 Å². The van der Waals surface area contributed by atoms with E-state index in [1.807, 2.05) is 0 Å². The van der Waals surface area contributed by atoms with Crippen LogP contribution in [0.2, 0.25) is 0 Å². The molecule has 1 saturated carbocycles. The third-order valence-electron chi connectivity index (χ3n) is 4.45. The minimum Gasteiger partial charge on any atom is -0.493 e. The van der Waals surface area contributed by atoms with Crippen molar-refractivity contribution in [3.05, 3.63) is 23.8 Å². The zero-order chi connectivity index (χ0) is 19.9. The van der Waals surface area contributed by atoms with Gasteiger partial charge in [-0.3, -0.25) is 4.79 Å². The smallest absolute Gasteiger partial charge is 0.264 e. The zero-order valence-electron chi connectivity index (χ0n) is 16.0. The van der Waals surface area contributed by atoms with Gasteiger partial charge in [0.05, 0.1) is 20.0 Å². The van der Waals surface area contributed by atoms with Gasteiger partial charge in [-0.05, 0) is 43.9 Å². The fraction of sp³-hybridized carbons (Fsp3) is 0.444. The second kappa shape index (κ2) is 9.45. The molecular formula is C18H24N6O3S. The topological polar surface area (TPSA) is 117 Å². The lowest BCUT2D eigenvalue weighted by Gasteiger charge is -2.12. The number of nitrogens with one attached hydrogen (secondary N) is 1. The number of thioether (sulfide) groups is 1. The number of benzene rings is 1. The molecule has 1 heterocycles. The van der Waals surface area contributed by atoms with Crippen LogP contribution in [0.25, 0.3) is 0 Å². The van der Waals surface area contributed by atoms with E-state index in [0.717, 1.165) is 31.4 Å². The number of nitrogen functional groups attached to an aromatic ring is 1. The van der Waals surface area contributed by atoms with Gasteiger partial charge in [0.15, 0.2) is 17.3 Å². The maximum atomic E-state index is 12.5. The second-order valence-electron chi connectivity index (χ2n) is 6.31. The van der Waals surface area contributed by atoms with E-state index in [9.17, 15) is 4.79 Å². The standard InChI is InChI=1S/C18H24N6O3S/c1-26-15-9-8-12(10-16(15)27-2)14(25)11-28-18-23-22-17(24(18)19)21-20-13-6-4-3-5-7-13/h8-10H,3-7,11,19H2,1-2H3,(H,21,22). The Morgan fingerprint density at radius 2 is 1.96 bits per heavy atom. The van der Waals surface area contributed by atoms with Crippen molar-refractivity contribution in [1.29, 1.82) is 0 Å². The lowest BCUT2D eigenvalue weighted by molar-refractivity contribution is 0.102. The van der Waals surface area contributed by atoms with Crippen LogP contribution in [0, 0.1) is 0 Å². The van der Waals surface area contributed by atoms with Crippen molar-refractivity contribution in [2.45, 2.75) is 37.3 Å². The van der Waals surface area contributed by atoms with Crippen LogP contribution in [0.15, 0.2) is 28.5 Å². The molecule has 0 radical (unpaired) electrons. The van der Waals surface area contributed by atoms with E-state index in [1.54, 1.807) is 25.3 Å². The van der Waals surface area contributed by atoms with E-state index in [-0.39, 0.29) is 11.5 Å². The summed E-state index contributed by atoms with van der Waals surface area (Å²) in [6.07, 6.45) is 5.56. The Morgan fingerprint density at radius 1 is 1.21 bits per heavy atom. The third-order valence-corrected chi connectivity index (χ3v) is 5.39. The lowest BCUT2D eigenvalue weighted by atomic mass is 9.99. The normalized spacial score (nSPS) is 13.9. The number of Topliss-reactive ketones (excluding diaryl/α,β-unsaturated/α-hetero) is 1. The Labute approximate surface area is 167 Å². The number of nitrogens with zero attached hydrogens (tertiary/aromatic N) is 4. The lowest BCUT2D eigenvalue weighted by Crippen LogP contribution is -2.15. The first-order valence-electron chi connectivity index (χ1n) is 9.02. The molecule has 10 heteroatoms. The van der Waals surface area contributed by atoms with E-state index in [1.165, 1.54) is 30.0 Å². The van der Waals surface area contributed by atoms with Crippen molar-refractivity contribution >= 4 is 29.2 Å². The van der Waals surface area contributed by atoms with Crippen molar-refractivity contribution in [2.24, 2.45) is 5.10 Å². The number of methoxy groups -OCH3 is 2. The number of hydrogen-bond acceptors (Lipinski definition) is 9. The van der Waals surface area contributed by atoms with Gasteiger partial charge >= 0.3 is 0 Å². The summed E-state index contributed by atoms with van der Waals surface area (Å²) in [7, 11) is 3.08. The molecule has 3 rings (SSSR count). The average molecular weight is 404 g/mol. The first-order valence-corrected chi connectivity index (χ1v) is 10.0. The first-order chi connectivity index (χ1) is 13.6. The van der Waals surface area contributed by atoms with E-state index < -0.39 is 0 Å². The van der Waals surface area contributed by atoms with Gasteiger partial charge in [0.25, 0.3) is 5.95 Å². The number of ketones is 1. The number of aromatic nitrogens is 3. The Kier molecular flexibility index (Phi) is 6.75. The molecule has 0 bridgehead atoms. The van der Waals surface area contributed by atoms with Crippen LogP contribution < -0.4 is 20.7 Å². The number of nitrogens with two attached hydrogens (primary N) is 1. The molecule has 1 fully saturated rings. The third kappa shape index (κ3) is 4.75. The highest BCUT2D eigenvalue weighted by molar-refractivity contribution is 7.99. The van der Waals surface area contributed by atoms with Crippen molar-refractivity contribution < 1.29 is 14.3 Å². The summed E-state index contributed by atoms with van der Waals surface area (Å²) in [5.41, 5.74) is 4.51. The number of anilines is 1. The summed E-state index contributed by atoms with van der Waals surface area (Å²) in [5.74, 6) is 7.53. The fourth-order valence-electron chi connectivity index (χ4n) is 2.88. The monoisotopic (exact) mass is 404 g/mol. The van der Waals surface area contributed by atoms with Crippen molar-refractivity contribution in [3.63, 3.8) is 0 Å². The molecule has 1 aliphatic carbocycles. The molecule has 3 N–H and O–H groups in total. The number of carbonyl (C=O) groups excluding carboxylic acids is 1. The highest BCUT2D eigenvalue weighted by Gasteiger charge is 2.15. The maximum absolute atomic E-state index is 12.5. The Hall–Kier alpha value is -2.75. The molecule has 150 valence electrons. The van der Waals surface area contributed by atoms with Crippen molar-refractivity contribution in [3.8, 4) is 11.5 Å². The molecular weight excluding hydrogens is 380 g/mol. The van der Waals surface area contributed by atoms with Crippen LogP contribution in [-0.2, 0) is 0 Å². The van der Waals surface area contributed by atoms with E-state index >= 15 is 0 Å². The Bertz CT molecular complexity index is 859. The molecule has 1 aliphatic rings. The summed E-state index contributed by atoms with van der Waals surface area (Å²) < 4.78 is 11.7. The Morgan fingerprint density at radius 3 is 2.68 bits per heavy atom. The number of ether oxygens (including phenoxy) is 2. The van der Waals surface area contributed by atoms with Crippen LogP contribution in [0.3, 0.4) is 0 Å². The molecule has 0 atom stereocenters. The molecule has 1 aromatic heterocycles. The summed E-state index contributed by atoms with van der Waals surface area (Å²) in [4.78, 5) is 12.5. The predicted octanol–water partition coefficient (Wildman–Crippen LogP) is 2.72. The molecule has 1 aromatic carbocycles. The quantitative estimate of drug-likeness (QED) is 0.298. The molecule has 0 amide bonds. The van der Waals surface area contributed by atoms with Crippen molar-refractivity contribution in [2.75, 3.05) is 31.2 Å². The minimum atomic E-state index is -0.0779. The number of hydrogen-bond donors (Lipinski definition) is 2. The van der Waals surface area contributed by atoms with Gasteiger partial charge < -0.3 is 15.3 Å². The van der Waals surface area contributed by atoms with Gasteiger partial charge in [0.2, 0.25) is 5.16 Å². The van der Waals surface area contributed by atoms with Crippen molar-refractivity contribution in [1.82, 2.24) is 14.9 Å². The van der Waals surface area contributed by atoms with Crippen LogP contribution in [0.1, 0.15) is 42.5 Å². The molecule has 0 aliphatic heterocycles. The molecule has 0 unspecified atom stereocenters. The first kappa shape index (κ1) is 20.0. The van der Waals surface area contributed by atoms with Gasteiger partial charge in [-0.25, -0.2) is 10.1 Å². The number of carbonyl (C=O) groups is 1.